The van der Waals surface area contributed by atoms with Crippen molar-refractivity contribution in [2.75, 3.05) is 31.1 Å². The highest BCUT2D eigenvalue weighted by atomic mass is 79.9. The van der Waals surface area contributed by atoms with Crippen LogP contribution in [-0.4, -0.2) is 36.1 Å². The monoisotopic (exact) mass is 460 g/mol. The minimum absolute atomic E-state index is 0.753. The molecule has 0 amide bonds. The third-order valence-electron chi connectivity index (χ3n) is 4.70. The molecule has 0 radical (unpaired) electrons. The second kappa shape index (κ2) is 8.05. The first kappa shape index (κ1) is 18.5. The van der Waals surface area contributed by atoms with Crippen LogP contribution in [0.4, 0.5) is 5.69 Å². The number of halogens is 2. The van der Waals surface area contributed by atoms with Gasteiger partial charge in [-0.15, -0.1) is 0 Å². The van der Waals surface area contributed by atoms with Crippen LogP contribution in [0.2, 0.25) is 5.02 Å². The topological polar surface area (TPSA) is 19.6 Å². The average Bonchev–Trinajstić information content (AvgIpc) is 3.19. The smallest absolute Gasteiger partial charge is 0.162 e. The summed E-state index contributed by atoms with van der Waals surface area (Å²) in [6.45, 7) is 3.58. The molecule has 1 aromatic heterocycles. The molecule has 0 saturated carbocycles. The molecule has 1 fully saturated rings. The van der Waals surface area contributed by atoms with Crippen LogP contribution in [0.15, 0.2) is 69.6 Å². The Labute approximate surface area is 177 Å². The number of anilines is 1. The minimum Gasteiger partial charge on any atom is -0.454 e. The van der Waals surface area contributed by atoms with Gasteiger partial charge in [-0.3, -0.25) is 0 Å². The number of thiocarbonyl (C=S) groups is 1. The molecule has 138 valence electrons. The van der Waals surface area contributed by atoms with Crippen molar-refractivity contribution in [3.8, 4) is 11.3 Å². The SMILES string of the molecule is S=C(c1ccc(-c2ccc(Br)cc2)o1)N1CCN(c2ccc(Cl)cc2)CC1. The summed E-state index contributed by atoms with van der Waals surface area (Å²) in [5.41, 5.74) is 2.24. The molecule has 1 aliphatic heterocycles. The number of benzene rings is 2. The first-order chi connectivity index (χ1) is 13.1. The second-order valence-electron chi connectivity index (χ2n) is 6.43. The van der Waals surface area contributed by atoms with Gasteiger partial charge in [0, 0.05) is 46.9 Å². The molecule has 0 atom stereocenters. The molecule has 2 aromatic carbocycles. The van der Waals surface area contributed by atoms with Crippen LogP contribution in [-0.2, 0) is 0 Å². The van der Waals surface area contributed by atoms with E-state index in [0.717, 1.165) is 57.7 Å². The lowest BCUT2D eigenvalue weighted by molar-refractivity contribution is 0.385. The highest BCUT2D eigenvalue weighted by Gasteiger charge is 2.22. The molecule has 4 rings (SSSR count). The molecular weight excluding hydrogens is 444 g/mol. The Morgan fingerprint density at radius 1 is 0.889 bits per heavy atom. The van der Waals surface area contributed by atoms with Gasteiger partial charge < -0.3 is 14.2 Å². The fourth-order valence-corrected chi connectivity index (χ4v) is 3.88. The largest absolute Gasteiger partial charge is 0.454 e. The van der Waals surface area contributed by atoms with Crippen LogP contribution < -0.4 is 4.90 Å². The first-order valence-electron chi connectivity index (χ1n) is 8.76. The van der Waals surface area contributed by atoms with Crippen LogP contribution in [0.3, 0.4) is 0 Å². The molecule has 27 heavy (non-hydrogen) atoms. The van der Waals surface area contributed by atoms with E-state index in [2.05, 4.69) is 37.9 Å². The Bertz CT molecular complexity index is 932. The zero-order valence-electron chi connectivity index (χ0n) is 14.6. The Balaban J connectivity index is 1.41. The minimum atomic E-state index is 0.753. The summed E-state index contributed by atoms with van der Waals surface area (Å²) in [6.07, 6.45) is 0. The Kier molecular flexibility index (Phi) is 5.53. The van der Waals surface area contributed by atoms with E-state index in [4.69, 9.17) is 28.2 Å². The maximum Gasteiger partial charge on any atom is 0.162 e. The van der Waals surface area contributed by atoms with Gasteiger partial charge in [-0.2, -0.15) is 0 Å². The van der Waals surface area contributed by atoms with Gasteiger partial charge in [0.25, 0.3) is 0 Å². The lowest BCUT2D eigenvalue weighted by Gasteiger charge is -2.37. The van der Waals surface area contributed by atoms with Gasteiger partial charge >= 0.3 is 0 Å². The number of hydrogen-bond donors (Lipinski definition) is 0. The van der Waals surface area contributed by atoms with Crippen molar-refractivity contribution < 1.29 is 4.42 Å². The maximum absolute atomic E-state index is 6.02. The van der Waals surface area contributed by atoms with Crippen molar-refractivity contribution in [2.24, 2.45) is 0 Å². The average molecular weight is 462 g/mol. The van der Waals surface area contributed by atoms with Crippen LogP contribution in [0.25, 0.3) is 11.3 Å². The van der Waals surface area contributed by atoms with Crippen molar-refractivity contribution >= 4 is 50.4 Å². The van der Waals surface area contributed by atoms with E-state index in [9.17, 15) is 0 Å². The summed E-state index contributed by atoms with van der Waals surface area (Å²) in [5.74, 6) is 1.59. The summed E-state index contributed by atoms with van der Waals surface area (Å²) >= 11 is 15.1. The summed E-state index contributed by atoms with van der Waals surface area (Å²) in [5, 5.41) is 0.762. The molecule has 3 aromatic rings. The van der Waals surface area contributed by atoms with Gasteiger partial charge in [0.15, 0.2) is 5.76 Å². The molecule has 0 N–H and O–H groups in total. The third-order valence-corrected chi connectivity index (χ3v) is 5.94. The molecule has 1 saturated heterocycles. The highest BCUT2D eigenvalue weighted by molar-refractivity contribution is 9.10. The lowest BCUT2D eigenvalue weighted by Crippen LogP contribution is -2.48. The standard InChI is InChI=1S/C21H18BrClN2OS/c22-16-3-1-15(2-4-16)19-9-10-20(26-19)21(27)25-13-11-24(12-14-25)18-7-5-17(23)6-8-18/h1-10H,11-14H2. The van der Waals surface area contributed by atoms with Gasteiger partial charge in [-0.25, -0.2) is 0 Å². The predicted molar refractivity (Wildman–Crippen MR) is 119 cm³/mol. The van der Waals surface area contributed by atoms with E-state index in [1.165, 1.54) is 5.69 Å². The van der Waals surface area contributed by atoms with Crippen molar-refractivity contribution in [3.63, 3.8) is 0 Å². The Morgan fingerprint density at radius 3 is 2.22 bits per heavy atom. The van der Waals surface area contributed by atoms with E-state index < -0.39 is 0 Å². The highest BCUT2D eigenvalue weighted by Crippen LogP contribution is 2.26. The van der Waals surface area contributed by atoms with Crippen LogP contribution in [0.1, 0.15) is 5.76 Å². The van der Waals surface area contributed by atoms with Gasteiger partial charge in [0.1, 0.15) is 10.7 Å². The Morgan fingerprint density at radius 2 is 1.56 bits per heavy atom. The van der Waals surface area contributed by atoms with Gasteiger partial charge in [0.05, 0.1) is 0 Å². The van der Waals surface area contributed by atoms with Gasteiger partial charge in [0.2, 0.25) is 0 Å². The quantitative estimate of drug-likeness (QED) is 0.455. The predicted octanol–water partition coefficient (Wildman–Crippen LogP) is 5.86. The molecule has 0 bridgehead atoms. The van der Waals surface area contributed by atoms with Crippen LogP contribution in [0.5, 0.6) is 0 Å². The molecule has 0 spiro atoms. The van der Waals surface area contributed by atoms with Crippen molar-refractivity contribution in [3.05, 3.63) is 75.9 Å². The zero-order chi connectivity index (χ0) is 18.8. The van der Waals surface area contributed by atoms with E-state index in [0.29, 0.717) is 0 Å². The van der Waals surface area contributed by atoms with Crippen LogP contribution >= 0.6 is 39.7 Å². The molecular formula is C21H18BrClN2OS. The van der Waals surface area contributed by atoms with Crippen molar-refractivity contribution in [1.82, 2.24) is 4.90 Å². The molecule has 2 heterocycles. The number of hydrogen-bond acceptors (Lipinski definition) is 3. The van der Waals surface area contributed by atoms with E-state index in [-0.39, 0.29) is 0 Å². The number of nitrogens with zero attached hydrogens (tertiary/aromatic N) is 2. The number of piperazine rings is 1. The lowest BCUT2D eigenvalue weighted by atomic mass is 10.2. The molecule has 3 nitrogen and oxygen atoms in total. The second-order valence-corrected chi connectivity index (χ2v) is 8.17. The molecule has 0 unspecified atom stereocenters. The molecule has 0 aliphatic carbocycles. The Hall–Kier alpha value is -1.82. The summed E-state index contributed by atoms with van der Waals surface area (Å²) in [6, 6.07) is 20.0. The fraction of sp³-hybridized carbons (Fsp3) is 0.190. The van der Waals surface area contributed by atoms with Crippen molar-refractivity contribution in [1.29, 1.82) is 0 Å². The van der Waals surface area contributed by atoms with Gasteiger partial charge in [-0.05, 0) is 48.5 Å². The summed E-state index contributed by atoms with van der Waals surface area (Å²) in [4.78, 5) is 5.34. The first-order valence-corrected chi connectivity index (χ1v) is 10.3. The van der Waals surface area contributed by atoms with Crippen LogP contribution in [0, 0.1) is 0 Å². The van der Waals surface area contributed by atoms with E-state index in [1.54, 1.807) is 0 Å². The summed E-state index contributed by atoms with van der Waals surface area (Å²) < 4.78 is 7.07. The van der Waals surface area contributed by atoms with E-state index >= 15 is 0 Å². The van der Waals surface area contributed by atoms with E-state index in [1.807, 2.05) is 48.5 Å². The van der Waals surface area contributed by atoms with Gasteiger partial charge in [-0.1, -0.05) is 51.9 Å². The number of rotatable bonds is 3. The number of furan rings is 1. The summed E-state index contributed by atoms with van der Waals surface area (Å²) in [7, 11) is 0. The molecule has 6 heteroatoms. The third kappa shape index (κ3) is 4.21. The molecule has 1 aliphatic rings. The fourth-order valence-electron chi connectivity index (χ4n) is 3.20. The normalized spacial score (nSPS) is 14.4. The zero-order valence-corrected chi connectivity index (χ0v) is 17.7. The maximum atomic E-state index is 6.02. The van der Waals surface area contributed by atoms with Crippen molar-refractivity contribution in [2.45, 2.75) is 0 Å².